The number of para-hydroxylation sites is 1. The standard InChI is InChI=1S/C18H18F2N2O/c1-23-13-8-16(19)15(17(20)9-13)11-21-7-6-12-10-22-18-5-3-2-4-14(12)18/h2-5,8-10,21-22H,6-7,11H2,1H3. The molecule has 0 aliphatic carbocycles. The minimum atomic E-state index is -0.596. The molecular formula is C18H18F2N2O. The van der Waals surface area contributed by atoms with E-state index in [4.69, 9.17) is 4.74 Å². The number of nitrogens with one attached hydrogen (secondary N) is 2. The van der Waals surface area contributed by atoms with E-state index in [9.17, 15) is 8.78 Å². The van der Waals surface area contributed by atoms with Gasteiger partial charge in [-0.2, -0.15) is 0 Å². The van der Waals surface area contributed by atoms with Gasteiger partial charge in [0.1, 0.15) is 17.4 Å². The number of fused-ring (bicyclic) bond motifs is 1. The summed E-state index contributed by atoms with van der Waals surface area (Å²) in [5.74, 6) is -1.01. The SMILES string of the molecule is COc1cc(F)c(CNCCc2c[nH]c3ccccc23)c(F)c1. The van der Waals surface area contributed by atoms with Crippen molar-refractivity contribution in [2.75, 3.05) is 13.7 Å². The van der Waals surface area contributed by atoms with Crippen LogP contribution in [-0.4, -0.2) is 18.6 Å². The molecule has 0 saturated heterocycles. The quantitative estimate of drug-likeness (QED) is 0.679. The number of hydrogen-bond donors (Lipinski definition) is 2. The zero-order valence-electron chi connectivity index (χ0n) is 12.8. The summed E-state index contributed by atoms with van der Waals surface area (Å²) < 4.78 is 32.5. The second-order valence-electron chi connectivity index (χ2n) is 5.36. The van der Waals surface area contributed by atoms with E-state index >= 15 is 0 Å². The summed E-state index contributed by atoms with van der Waals surface area (Å²) in [6.45, 7) is 0.775. The highest BCUT2D eigenvalue weighted by Crippen LogP contribution is 2.21. The maximum atomic E-state index is 13.8. The fraction of sp³-hybridized carbons (Fsp3) is 0.222. The smallest absolute Gasteiger partial charge is 0.134 e. The van der Waals surface area contributed by atoms with E-state index in [-0.39, 0.29) is 17.9 Å². The molecule has 1 heterocycles. The number of aromatic amines is 1. The van der Waals surface area contributed by atoms with Crippen LogP contribution in [0.15, 0.2) is 42.6 Å². The Balaban J connectivity index is 1.60. The van der Waals surface area contributed by atoms with E-state index in [1.165, 1.54) is 30.2 Å². The lowest BCUT2D eigenvalue weighted by molar-refractivity contribution is 0.404. The van der Waals surface area contributed by atoms with E-state index in [1.807, 2.05) is 24.4 Å². The van der Waals surface area contributed by atoms with Crippen LogP contribution in [0.25, 0.3) is 10.9 Å². The predicted octanol–water partition coefficient (Wildman–Crippen LogP) is 3.79. The Bertz CT molecular complexity index is 791. The first-order valence-electron chi connectivity index (χ1n) is 7.46. The van der Waals surface area contributed by atoms with Crippen molar-refractivity contribution in [3.8, 4) is 5.75 Å². The maximum Gasteiger partial charge on any atom is 0.134 e. The third-order valence-corrected chi connectivity index (χ3v) is 3.90. The molecule has 0 atom stereocenters. The van der Waals surface area contributed by atoms with E-state index in [2.05, 4.69) is 16.4 Å². The van der Waals surface area contributed by atoms with Gasteiger partial charge in [-0.3, -0.25) is 0 Å². The van der Waals surface area contributed by atoms with Crippen LogP contribution in [0.5, 0.6) is 5.75 Å². The van der Waals surface area contributed by atoms with Gasteiger partial charge >= 0.3 is 0 Å². The first kappa shape index (κ1) is 15.5. The summed E-state index contributed by atoms with van der Waals surface area (Å²) in [4.78, 5) is 3.22. The van der Waals surface area contributed by atoms with Crippen LogP contribution in [0.2, 0.25) is 0 Å². The van der Waals surface area contributed by atoms with Crippen molar-refractivity contribution in [3.63, 3.8) is 0 Å². The van der Waals surface area contributed by atoms with Gasteiger partial charge in [-0.25, -0.2) is 8.78 Å². The van der Waals surface area contributed by atoms with Crippen LogP contribution in [0.3, 0.4) is 0 Å². The molecule has 0 radical (unpaired) electrons. The lowest BCUT2D eigenvalue weighted by atomic mass is 10.1. The van der Waals surface area contributed by atoms with Gasteiger partial charge in [-0.1, -0.05) is 18.2 Å². The summed E-state index contributed by atoms with van der Waals surface area (Å²) in [6.07, 6.45) is 2.75. The Morgan fingerprint density at radius 1 is 1.13 bits per heavy atom. The van der Waals surface area contributed by atoms with Crippen LogP contribution >= 0.6 is 0 Å². The van der Waals surface area contributed by atoms with Gasteiger partial charge in [0.05, 0.1) is 7.11 Å². The van der Waals surface area contributed by atoms with Gasteiger partial charge in [0.25, 0.3) is 0 Å². The van der Waals surface area contributed by atoms with E-state index in [1.54, 1.807) is 0 Å². The van der Waals surface area contributed by atoms with Gasteiger partial charge in [0.15, 0.2) is 0 Å². The van der Waals surface area contributed by atoms with Gasteiger partial charge in [-0.05, 0) is 24.6 Å². The molecule has 3 rings (SSSR count). The normalized spacial score (nSPS) is 11.1. The third kappa shape index (κ3) is 3.35. The predicted molar refractivity (Wildman–Crippen MR) is 86.6 cm³/mol. The van der Waals surface area contributed by atoms with Crippen molar-refractivity contribution < 1.29 is 13.5 Å². The number of methoxy groups -OCH3 is 1. The van der Waals surface area contributed by atoms with Gasteiger partial charge < -0.3 is 15.0 Å². The number of benzene rings is 2. The highest BCUT2D eigenvalue weighted by Gasteiger charge is 2.11. The molecule has 0 fully saturated rings. The summed E-state index contributed by atoms with van der Waals surface area (Å²) in [5.41, 5.74) is 2.31. The molecule has 2 N–H and O–H groups in total. The lowest BCUT2D eigenvalue weighted by Gasteiger charge is -2.09. The number of ether oxygens (including phenoxy) is 1. The van der Waals surface area contributed by atoms with Crippen LogP contribution in [-0.2, 0) is 13.0 Å². The number of H-pyrrole nitrogens is 1. The fourth-order valence-corrected chi connectivity index (χ4v) is 2.64. The molecule has 0 unspecified atom stereocenters. The van der Waals surface area contributed by atoms with E-state index in [0.29, 0.717) is 6.54 Å². The van der Waals surface area contributed by atoms with Crippen molar-refractivity contribution in [1.29, 1.82) is 0 Å². The zero-order valence-corrected chi connectivity index (χ0v) is 12.8. The summed E-state index contributed by atoms with van der Waals surface area (Å²) in [5, 5.41) is 4.27. The number of rotatable bonds is 6. The Kier molecular flexibility index (Phi) is 4.57. The molecule has 120 valence electrons. The maximum absolute atomic E-state index is 13.8. The van der Waals surface area contributed by atoms with Crippen molar-refractivity contribution >= 4 is 10.9 Å². The molecule has 0 aliphatic rings. The van der Waals surface area contributed by atoms with Crippen LogP contribution in [0, 0.1) is 11.6 Å². The van der Waals surface area contributed by atoms with Crippen LogP contribution < -0.4 is 10.1 Å². The molecule has 2 aromatic carbocycles. The number of hydrogen-bond acceptors (Lipinski definition) is 2. The Labute approximate surface area is 133 Å². The largest absolute Gasteiger partial charge is 0.497 e. The average Bonchev–Trinajstić information content (AvgIpc) is 2.96. The summed E-state index contributed by atoms with van der Waals surface area (Å²) in [6, 6.07) is 10.4. The third-order valence-electron chi connectivity index (χ3n) is 3.90. The second kappa shape index (κ2) is 6.79. The molecule has 0 bridgehead atoms. The Morgan fingerprint density at radius 2 is 1.87 bits per heavy atom. The van der Waals surface area contributed by atoms with Crippen molar-refractivity contribution in [3.05, 3.63) is 65.4 Å². The van der Waals surface area contributed by atoms with E-state index < -0.39 is 11.6 Å². The highest BCUT2D eigenvalue weighted by atomic mass is 19.1. The molecule has 0 spiro atoms. The molecule has 3 aromatic rings. The second-order valence-corrected chi connectivity index (χ2v) is 5.36. The van der Waals surface area contributed by atoms with Gasteiger partial charge in [0.2, 0.25) is 0 Å². The lowest BCUT2D eigenvalue weighted by Crippen LogP contribution is -2.18. The van der Waals surface area contributed by atoms with E-state index in [0.717, 1.165) is 11.9 Å². The number of halogens is 2. The van der Waals surface area contributed by atoms with Crippen molar-refractivity contribution in [2.45, 2.75) is 13.0 Å². The average molecular weight is 316 g/mol. The molecule has 3 nitrogen and oxygen atoms in total. The molecule has 0 amide bonds. The van der Waals surface area contributed by atoms with Gasteiger partial charge in [-0.15, -0.1) is 0 Å². The van der Waals surface area contributed by atoms with Crippen LogP contribution in [0.4, 0.5) is 8.78 Å². The zero-order chi connectivity index (χ0) is 16.2. The Hall–Kier alpha value is -2.40. The fourth-order valence-electron chi connectivity index (χ4n) is 2.64. The molecule has 0 saturated carbocycles. The molecule has 1 aromatic heterocycles. The summed E-state index contributed by atoms with van der Waals surface area (Å²) in [7, 11) is 1.38. The minimum Gasteiger partial charge on any atom is -0.497 e. The first-order valence-corrected chi connectivity index (χ1v) is 7.46. The van der Waals surface area contributed by atoms with Crippen molar-refractivity contribution in [1.82, 2.24) is 10.3 Å². The minimum absolute atomic E-state index is 0.0322. The monoisotopic (exact) mass is 316 g/mol. The summed E-state index contributed by atoms with van der Waals surface area (Å²) >= 11 is 0. The topological polar surface area (TPSA) is 37.0 Å². The number of aromatic nitrogens is 1. The van der Waals surface area contributed by atoms with Crippen molar-refractivity contribution in [2.24, 2.45) is 0 Å². The van der Waals surface area contributed by atoms with Crippen LogP contribution in [0.1, 0.15) is 11.1 Å². The first-order chi connectivity index (χ1) is 11.2. The molecular weight excluding hydrogens is 298 g/mol. The van der Waals surface area contributed by atoms with Gasteiger partial charge in [0, 0.05) is 41.3 Å². The molecule has 0 aliphatic heterocycles. The molecule has 5 heteroatoms. The highest BCUT2D eigenvalue weighted by molar-refractivity contribution is 5.83. The molecule has 23 heavy (non-hydrogen) atoms. The Morgan fingerprint density at radius 3 is 2.61 bits per heavy atom.